The van der Waals surface area contributed by atoms with Crippen molar-refractivity contribution in [3.05, 3.63) is 54.0 Å². The van der Waals surface area contributed by atoms with Crippen LogP contribution in [0, 0.1) is 0 Å². The number of alkyl halides is 3. The van der Waals surface area contributed by atoms with Gasteiger partial charge in [-0.25, -0.2) is 9.99 Å². The van der Waals surface area contributed by atoms with Gasteiger partial charge in [0.1, 0.15) is 23.9 Å². The first-order valence-corrected chi connectivity index (χ1v) is 12.1. The van der Waals surface area contributed by atoms with Gasteiger partial charge in [0, 0.05) is 31.6 Å². The summed E-state index contributed by atoms with van der Waals surface area (Å²) < 4.78 is 46.1. The van der Waals surface area contributed by atoms with Crippen LogP contribution in [0.4, 0.5) is 19.0 Å². The molecule has 1 fully saturated rings. The fourth-order valence-electron chi connectivity index (χ4n) is 3.96. The Morgan fingerprint density at radius 3 is 2.68 bits per heavy atom. The van der Waals surface area contributed by atoms with Crippen molar-refractivity contribution >= 4 is 18.4 Å². The number of amidine groups is 1. The van der Waals surface area contributed by atoms with Gasteiger partial charge in [-0.1, -0.05) is 5.16 Å². The highest BCUT2D eigenvalue weighted by Crippen LogP contribution is 2.25. The zero-order valence-corrected chi connectivity index (χ0v) is 21.0. The van der Waals surface area contributed by atoms with Crippen molar-refractivity contribution in [3.63, 3.8) is 0 Å². The van der Waals surface area contributed by atoms with Crippen LogP contribution in [-0.2, 0) is 13.1 Å². The topological polar surface area (TPSA) is 104 Å². The molecule has 0 spiro atoms. The number of hydrogen-bond donors (Lipinski definition) is 1. The van der Waals surface area contributed by atoms with Crippen molar-refractivity contribution in [2.24, 2.45) is 10.1 Å². The van der Waals surface area contributed by atoms with E-state index in [2.05, 4.69) is 46.9 Å². The van der Waals surface area contributed by atoms with Crippen molar-refractivity contribution in [1.82, 2.24) is 25.0 Å². The van der Waals surface area contributed by atoms with Crippen LogP contribution in [0.25, 0.3) is 11.4 Å². The van der Waals surface area contributed by atoms with Crippen LogP contribution < -0.4 is 10.1 Å². The fraction of sp³-hybridized carbons (Fsp3) is 0.400. The number of nitrogens with one attached hydrogen (secondary N) is 1. The van der Waals surface area contributed by atoms with Gasteiger partial charge in [-0.15, -0.1) is 13.2 Å². The monoisotopic (exact) mass is 530 g/mol. The SMILES string of the molecule is C=NN(Cc1ccnc(NCCN2CCCC2)c1)/C(C)=N\Cc1nc(-c2ccc(OC(F)(F)F)cc2)no1. The molecule has 1 aliphatic heterocycles. The van der Waals surface area contributed by atoms with Crippen LogP contribution in [0.1, 0.15) is 31.2 Å². The number of aliphatic imine (C=N–C) groups is 1. The predicted molar refractivity (Wildman–Crippen MR) is 137 cm³/mol. The average Bonchev–Trinajstić information content (AvgIpc) is 3.58. The first kappa shape index (κ1) is 27.0. The van der Waals surface area contributed by atoms with Gasteiger partial charge >= 0.3 is 6.36 Å². The third kappa shape index (κ3) is 8.00. The van der Waals surface area contributed by atoms with E-state index >= 15 is 0 Å². The second-order valence-corrected chi connectivity index (χ2v) is 8.67. The maximum atomic E-state index is 12.3. The molecule has 3 aromatic rings. The molecule has 0 saturated carbocycles. The summed E-state index contributed by atoms with van der Waals surface area (Å²) >= 11 is 0. The number of halogens is 3. The standard InChI is InChI=1S/C25H29F3N8O2/c1-18(32-16-23-33-24(34-38-23)20-5-7-21(8-6-20)37-25(26,27)28)36(29-2)17-19-9-10-30-22(15-19)31-11-14-35-12-3-4-13-35/h5-10,15H,2-4,11-14,16-17H2,1H3,(H,30,31)/b32-18-. The second-order valence-electron chi connectivity index (χ2n) is 8.67. The lowest BCUT2D eigenvalue weighted by Gasteiger charge is -2.18. The molecule has 2 aromatic heterocycles. The van der Waals surface area contributed by atoms with Crippen LogP contribution in [-0.4, -0.2) is 70.1 Å². The molecule has 1 saturated heterocycles. The van der Waals surface area contributed by atoms with Gasteiger partial charge in [0.15, 0.2) is 0 Å². The summed E-state index contributed by atoms with van der Waals surface area (Å²) in [4.78, 5) is 15.6. The van der Waals surface area contributed by atoms with E-state index in [1.54, 1.807) is 18.1 Å². The highest BCUT2D eigenvalue weighted by Gasteiger charge is 2.31. The number of likely N-dealkylation sites (tertiary alicyclic amines) is 1. The third-order valence-electron chi connectivity index (χ3n) is 5.89. The van der Waals surface area contributed by atoms with Gasteiger partial charge in [-0.3, -0.25) is 4.99 Å². The Kier molecular flexibility index (Phi) is 8.89. The second kappa shape index (κ2) is 12.5. The summed E-state index contributed by atoms with van der Waals surface area (Å²) in [5.74, 6) is 1.53. The molecule has 10 nitrogen and oxygen atoms in total. The van der Waals surface area contributed by atoms with E-state index in [0.717, 1.165) is 37.6 Å². The molecular formula is C25H29F3N8O2. The average molecular weight is 531 g/mol. The van der Waals surface area contributed by atoms with Crippen LogP contribution in [0.15, 0.2) is 57.2 Å². The largest absolute Gasteiger partial charge is 0.573 e. The van der Waals surface area contributed by atoms with E-state index in [9.17, 15) is 13.2 Å². The van der Waals surface area contributed by atoms with E-state index in [1.165, 1.54) is 37.1 Å². The van der Waals surface area contributed by atoms with Crippen molar-refractivity contribution in [2.45, 2.75) is 39.2 Å². The van der Waals surface area contributed by atoms with E-state index in [4.69, 9.17) is 4.52 Å². The maximum absolute atomic E-state index is 12.3. The Hall–Kier alpha value is -4.00. The Labute approximate surface area is 218 Å². The van der Waals surface area contributed by atoms with Gasteiger partial charge in [0.2, 0.25) is 11.7 Å². The highest BCUT2D eigenvalue weighted by atomic mass is 19.4. The minimum Gasteiger partial charge on any atom is -0.406 e. The number of nitrogens with zero attached hydrogens (tertiary/aromatic N) is 7. The lowest BCUT2D eigenvalue weighted by molar-refractivity contribution is -0.274. The molecule has 38 heavy (non-hydrogen) atoms. The minimum atomic E-state index is -4.76. The number of anilines is 1. The number of rotatable bonds is 11. The molecule has 13 heteroatoms. The smallest absolute Gasteiger partial charge is 0.406 e. The molecule has 1 aromatic carbocycles. The third-order valence-corrected chi connectivity index (χ3v) is 5.89. The summed E-state index contributed by atoms with van der Waals surface area (Å²) in [6, 6.07) is 9.08. The van der Waals surface area contributed by atoms with Crippen LogP contribution >= 0.6 is 0 Å². The van der Waals surface area contributed by atoms with E-state index in [0.29, 0.717) is 17.9 Å². The van der Waals surface area contributed by atoms with Crippen molar-refractivity contribution < 1.29 is 22.4 Å². The predicted octanol–water partition coefficient (Wildman–Crippen LogP) is 4.57. The zero-order valence-electron chi connectivity index (χ0n) is 21.0. The Bertz CT molecular complexity index is 1220. The lowest BCUT2D eigenvalue weighted by Crippen LogP contribution is -2.26. The van der Waals surface area contributed by atoms with E-state index in [1.807, 2.05) is 12.1 Å². The Morgan fingerprint density at radius 1 is 1.21 bits per heavy atom. The van der Waals surface area contributed by atoms with Crippen molar-refractivity contribution in [1.29, 1.82) is 0 Å². The molecule has 0 atom stereocenters. The van der Waals surface area contributed by atoms with Gasteiger partial charge in [0.25, 0.3) is 0 Å². The quantitative estimate of drug-likeness (QED) is 0.218. The minimum absolute atomic E-state index is 0.0970. The molecule has 1 N–H and O–H groups in total. The molecule has 0 amide bonds. The van der Waals surface area contributed by atoms with Gasteiger partial charge in [0.05, 0.1) is 6.54 Å². The maximum Gasteiger partial charge on any atom is 0.573 e. The summed E-state index contributed by atoms with van der Waals surface area (Å²) in [6.07, 6.45) is -0.465. The summed E-state index contributed by atoms with van der Waals surface area (Å²) in [5, 5.41) is 13.0. The number of pyridine rings is 1. The molecular weight excluding hydrogens is 501 g/mol. The molecule has 0 radical (unpaired) electrons. The number of aromatic nitrogens is 3. The fourth-order valence-corrected chi connectivity index (χ4v) is 3.96. The number of hydrazone groups is 1. The van der Waals surface area contributed by atoms with E-state index in [-0.39, 0.29) is 24.0 Å². The van der Waals surface area contributed by atoms with E-state index < -0.39 is 6.36 Å². The summed E-state index contributed by atoms with van der Waals surface area (Å²) in [7, 11) is 0. The Morgan fingerprint density at radius 2 is 1.97 bits per heavy atom. The molecule has 4 rings (SSSR count). The highest BCUT2D eigenvalue weighted by molar-refractivity contribution is 5.79. The number of benzene rings is 1. The van der Waals surface area contributed by atoms with Crippen LogP contribution in [0.2, 0.25) is 0 Å². The van der Waals surface area contributed by atoms with Gasteiger partial charge in [-0.05, 0) is 74.8 Å². The number of hydrogen-bond acceptors (Lipinski definition) is 9. The van der Waals surface area contributed by atoms with Crippen molar-refractivity contribution in [2.75, 3.05) is 31.5 Å². The zero-order chi connectivity index (χ0) is 27.0. The molecule has 0 aliphatic carbocycles. The van der Waals surface area contributed by atoms with Gasteiger partial charge < -0.3 is 19.5 Å². The van der Waals surface area contributed by atoms with Crippen LogP contribution in [0.3, 0.4) is 0 Å². The van der Waals surface area contributed by atoms with Crippen molar-refractivity contribution in [3.8, 4) is 17.1 Å². The summed E-state index contributed by atoms with van der Waals surface area (Å²) in [6.45, 7) is 10.1. The normalized spacial score (nSPS) is 14.5. The summed E-state index contributed by atoms with van der Waals surface area (Å²) in [5.41, 5.74) is 1.47. The Balaban J connectivity index is 1.31. The molecule has 0 bridgehead atoms. The number of ether oxygens (including phenoxy) is 1. The molecule has 202 valence electrons. The first-order chi connectivity index (χ1) is 18.3. The molecule has 3 heterocycles. The van der Waals surface area contributed by atoms with Crippen LogP contribution in [0.5, 0.6) is 5.75 Å². The lowest BCUT2D eigenvalue weighted by atomic mass is 10.2. The van der Waals surface area contributed by atoms with Gasteiger partial charge in [-0.2, -0.15) is 10.1 Å². The first-order valence-electron chi connectivity index (χ1n) is 12.1. The molecule has 0 unspecified atom stereocenters. The molecule has 1 aliphatic rings.